The topological polar surface area (TPSA) is 62.5 Å². The van der Waals surface area contributed by atoms with Gasteiger partial charge in [-0.15, -0.1) is 0 Å². The van der Waals surface area contributed by atoms with E-state index < -0.39 is 18.4 Å². The molecule has 0 bridgehead atoms. The van der Waals surface area contributed by atoms with Gasteiger partial charge in [-0.25, -0.2) is 4.39 Å². The molecule has 0 atom stereocenters. The van der Waals surface area contributed by atoms with Crippen LogP contribution in [0.2, 0.25) is 0 Å². The van der Waals surface area contributed by atoms with E-state index in [2.05, 4.69) is 16.8 Å². The number of nitrogens with two attached hydrogens (primary N) is 1. The lowest BCUT2D eigenvalue weighted by Gasteiger charge is -2.34. The van der Waals surface area contributed by atoms with Crippen molar-refractivity contribution in [3.8, 4) is 11.8 Å². The summed E-state index contributed by atoms with van der Waals surface area (Å²) in [5, 5.41) is 0. The third kappa shape index (κ3) is 7.65. The van der Waals surface area contributed by atoms with E-state index in [1.54, 1.807) is 36.5 Å². The number of carbonyl (C=O) groups excluding carboxylic acids is 1. The molecule has 9 heteroatoms. The van der Waals surface area contributed by atoms with Gasteiger partial charge in [0.15, 0.2) is 5.78 Å². The number of carbonyl (C=O) groups is 1. The van der Waals surface area contributed by atoms with Crippen LogP contribution >= 0.6 is 0 Å². The number of aryl methyl sites for hydroxylation is 1. The molecule has 5 nitrogen and oxygen atoms in total. The van der Waals surface area contributed by atoms with E-state index in [1.807, 2.05) is 16.7 Å². The standard InChI is InChI=1S/C30H30F4N4O/c1-21-2-5-25(17-24(21)6-4-23-14-27(35)19-36-18-23)29(39)16-22-3-7-26(28(15-22)30(32,33)34)20-38-12-10-37(9-8-31)11-13-38/h2-3,5,7,14-15,17-19H,8-13,16,20,35H2,1H3. The van der Waals surface area contributed by atoms with E-state index in [-0.39, 0.29) is 24.3 Å². The maximum Gasteiger partial charge on any atom is 0.416 e. The van der Waals surface area contributed by atoms with Crippen molar-refractivity contribution in [1.29, 1.82) is 0 Å². The van der Waals surface area contributed by atoms with Crippen molar-refractivity contribution in [3.05, 3.63) is 93.8 Å². The van der Waals surface area contributed by atoms with Crippen LogP contribution in [0.3, 0.4) is 0 Å². The molecule has 1 aliphatic heterocycles. The maximum absolute atomic E-state index is 14.0. The molecule has 2 aromatic carbocycles. The van der Waals surface area contributed by atoms with Gasteiger partial charge in [0.25, 0.3) is 0 Å². The van der Waals surface area contributed by atoms with Gasteiger partial charge >= 0.3 is 6.18 Å². The van der Waals surface area contributed by atoms with Gasteiger partial charge in [0.05, 0.1) is 11.3 Å². The minimum absolute atomic E-state index is 0.148. The second-order valence-electron chi connectivity index (χ2n) is 9.68. The lowest BCUT2D eigenvalue weighted by Crippen LogP contribution is -2.46. The minimum atomic E-state index is -4.55. The molecule has 4 rings (SSSR count). The van der Waals surface area contributed by atoms with Crippen molar-refractivity contribution in [2.45, 2.75) is 26.1 Å². The highest BCUT2D eigenvalue weighted by atomic mass is 19.4. The molecule has 204 valence electrons. The number of nitrogens with zero attached hydrogens (tertiary/aromatic N) is 3. The molecular weight excluding hydrogens is 508 g/mol. The molecule has 0 radical (unpaired) electrons. The second-order valence-corrected chi connectivity index (χ2v) is 9.68. The van der Waals surface area contributed by atoms with Crippen molar-refractivity contribution in [3.63, 3.8) is 0 Å². The first-order valence-electron chi connectivity index (χ1n) is 12.7. The molecule has 1 fully saturated rings. The van der Waals surface area contributed by atoms with Gasteiger partial charge in [0.1, 0.15) is 6.67 Å². The van der Waals surface area contributed by atoms with Gasteiger partial charge in [-0.1, -0.05) is 36.1 Å². The Kier molecular flexibility index (Phi) is 9.00. The van der Waals surface area contributed by atoms with E-state index >= 15 is 0 Å². The van der Waals surface area contributed by atoms with Crippen LogP contribution in [0.15, 0.2) is 54.9 Å². The van der Waals surface area contributed by atoms with Gasteiger partial charge in [0, 0.05) is 74.8 Å². The normalized spacial score (nSPS) is 14.6. The van der Waals surface area contributed by atoms with E-state index in [0.29, 0.717) is 60.7 Å². The van der Waals surface area contributed by atoms with Crippen LogP contribution in [-0.4, -0.2) is 60.0 Å². The zero-order valence-corrected chi connectivity index (χ0v) is 21.7. The Balaban J connectivity index is 1.49. The fraction of sp³-hybridized carbons (Fsp3) is 0.333. The highest BCUT2D eigenvalue weighted by molar-refractivity contribution is 5.98. The lowest BCUT2D eigenvalue weighted by atomic mass is 9.96. The number of ketones is 1. The molecule has 2 heterocycles. The molecule has 0 aliphatic carbocycles. The summed E-state index contributed by atoms with van der Waals surface area (Å²) in [4.78, 5) is 21.0. The number of pyridine rings is 1. The Hall–Kier alpha value is -3.74. The van der Waals surface area contributed by atoms with Crippen molar-refractivity contribution in [1.82, 2.24) is 14.8 Å². The maximum atomic E-state index is 14.0. The number of halogens is 4. The molecule has 2 N–H and O–H groups in total. The molecule has 0 amide bonds. The summed E-state index contributed by atoms with van der Waals surface area (Å²) in [6.07, 6.45) is -1.61. The molecule has 0 saturated carbocycles. The number of piperazine rings is 1. The van der Waals surface area contributed by atoms with Crippen LogP contribution in [-0.2, 0) is 19.1 Å². The van der Waals surface area contributed by atoms with Gasteiger partial charge in [-0.3, -0.25) is 19.6 Å². The van der Waals surface area contributed by atoms with Crippen LogP contribution in [0.25, 0.3) is 0 Å². The van der Waals surface area contributed by atoms with Crippen LogP contribution in [0.4, 0.5) is 23.2 Å². The molecular formula is C30H30F4N4O. The molecule has 39 heavy (non-hydrogen) atoms. The Morgan fingerprint density at radius 3 is 2.44 bits per heavy atom. The first-order chi connectivity index (χ1) is 18.6. The fourth-order valence-corrected chi connectivity index (χ4v) is 4.55. The third-order valence-corrected chi connectivity index (χ3v) is 6.76. The first-order valence-corrected chi connectivity index (χ1v) is 12.7. The van der Waals surface area contributed by atoms with Crippen LogP contribution in [0.1, 0.15) is 43.7 Å². The smallest absolute Gasteiger partial charge is 0.397 e. The third-order valence-electron chi connectivity index (χ3n) is 6.76. The fourth-order valence-electron chi connectivity index (χ4n) is 4.55. The Bertz CT molecular complexity index is 1390. The van der Waals surface area contributed by atoms with E-state index in [9.17, 15) is 22.4 Å². The van der Waals surface area contributed by atoms with Gasteiger partial charge in [0.2, 0.25) is 0 Å². The summed E-state index contributed by atoms with van der Waals surface area (Å²) in [6, 6.07) is 10.9. The predicted molar refractivity (Wildman–Crippen MR) is 143 cm³/mol. The van der Waals surface area contributed by atoms with E-state index in [1.165, 1.54) is 12.3 Å². The highest BCUT2D eigenvalue weighted by Gasteiger charge is 2.34. The van der Waals surface area contributed by atoms with Crippen LogP contribution in [0, 0.1) is 18.8 Å². The van der Waals surface area contributed by atoms with E-state index in [4.69, 9.17) is 5.73 Å². The average molecular weight is 539 g/mol. The molecule has 1 aliphatic rings. The number of nitrogen functional groups attached to an aromatic ring is 1. The summed E-state index contributed by atoms with van der Waals surface area (Å²) in [6.45, 7) is 4.32. The molecule has 3 aromatic rings. The summed E-state index contributed by atoms with van der Waals surface area (Å²) in [5.74, 6) is 5.71. The summed E-state index contributed by atoms with van der Waals surface area (Å²) in [7, 11) is 0. The summed E-state index contributed by atoms with van der Waals surface area (Å²) < 4.78 is 54.5. The van der Waals surface area contributed by atoms with Crippen molar-refractivity contribution >= 4 is 11.5 Å². The number of alkyl halides is 4. The van der Waals surface area contributed by atoms with E-state index in [0.717, 1.165) is 11.6 Å². The van der Waals surface area contributed by atoms with Crippen molar-refractivity contribution in [2.75, 3.05) is 45.1 Å². The largest absolute Gasteiger partial charge is 0.416 e. The highest BCUT2D eigenvalue weighted by Crippen LogP contribution is 2.34. The van der Waals surface area contributed by atoms with Gasteiger partial charge in [-0.05, 0) is 41.8 Å². The number of anilines is 1. The average Bonchev–Trinajstić information content (AvgIpc) is 2.90. The van der Waals surface area contributed by atoms with Gasteiger partial charge in [-0.2, -0.15) is 13.2 Å². The molecule has 1 saturated heterocycles. The predicted octanol–water partition coefficient (Wildman–Crippen LogP) is 4.90. The second kappa shape index (κ2) is 12.4. The number of Topliss-reactive ketones (excluding diaryl/α,β-unsaturated/α-hetero) is 1. The minimum Gasteiger partial charge on any atom is -0.397 e. The number of hydrogen-bond acceptors (Lipinski definition) is 5. The SMILES string of the molecule is Cc1ccc(C(=O)Cc2ccc(CN3CCN(CCF)CC3)c(C(F)(F)F)c2)cc1C#Cc1cncc(N)c1. The van der Waals surface area contributed by atoms with Crippen molar-refractivity contribution in [2.24, 2.45) is 0 Å². The monoisotopic (exact) mass is 538 g/mol. The zero-order valence-electron chi connectivity index (χ0n) is 21.7. The lowest BCUT2D eigenvalue weighted by molar-refractivity contribution is -0.138. The van der Waals surface area contributed by atoms with Crippen LogP contribution in [0.5, 0.6) is 0 Å². The number of hydrogen-bond donors (Lipinski definition) is 1. The zero-order chi connectivity index (χ0) is 28.0. The molecule has 0 unspecified atom stereocenters. The Morgan fingerprint density at radius 1 is 1.00 bits per heavy atom. The van der Waals surface area contributed by atoms with Crippen LogP contribution < -0.4 is 5.73 Å². The summed E-state index contributed by atoms with van der Waals surface area (Å²) in [5.41, 5.74) is 8.47. The number of rotatable bonds is 7. The Morgan fingerprint density at radius 2 is 1.74 bits per heavy atom. The summed E-state index contributed by atoms with van der Waals surface area (Å²) >= 11 is 0. The van der Waals surface area contributed by atoms with Gasteiger partial charge < -0.3 is 5.73 Å². The van der Waals surface area contributed by atoms with Crippen molar-refractivity contribution < 1.29 is 22.4 Å². The number of benzene rings is 2. The Labute approximate surface area is 225 Å². The molecule has 0 spiro atoms. The molecule has 1 aromatic heterocycles. The first kappa shape index (κ1) is 28.3. The quantitative estimate of drug-likeness (QED) is 0.263. The number of aromatic nitrogens is 1.